The summed E-state index contributed by atoms with van der Waals surface area (Å²) in [5.41, 5.74) is 5.11. The van der Waals surface area contributed by atoms with Crippen molar-refractivity contribution in [2.75, 3.05) is 23.9 Å². The van der Waals surface area contributed by atoms with Crippen LogP contribution in [-0.4, -0.2) is 35.6 Å². The number of pyridine rings is 2. The fraction of sp³-hybridized carbons (Fsp3) is 0.0909. The number of carbonyl (C=O) groups excluding carboxylic acids is 1. The summed E-state index contributed by atoms with van der Waals surface area (Å²) in [5, 5.41) is 0. The molecule has 28 heavy (non-hydrogen) atoms. The summed E-state index contributed by atoms with van der Waals surface area (Å²) in [7, 11) is 3.98. The first kappa shape index (κ1) is 16.4. The van der Waals surface area contributed by atoms with Crippen molar-refractivity contribution in [2.24, 2.45) is 4.99 Å². The highest BCUT2D eigenvalue weighted by molar-refractivity contribution is 6.54. The highest BCUT2D eigenvalue weighted by atomic mass is 16.1. The molecule has 3 aromatic rings. The van der Waals surface area contributed by atoms with Gasteiger partial charge in [-0.2, -0.15) is 0 Å². The number of rotatable bonds is 1. The zero-order chi connectivity index (χ0) is 19.3. The number of aromatic nitrogens is 2. The smallest absolute Gasteiger partial charge is 0.214 e. The van der Waals surface area contributed by atoms with Gasteiger partial charge in [-0.3, -0.25) is 14.8 Å². The molecule has 0 radical (unpaired) electrons. The van der Waals surface area contributed by atoms with Crippen molar-refractivity contribution in [3.8, 4) is 11.4 Å². The van der Waals surface area contributed by atoms with Gasteiger partial charge in [0.15, 0.2) is 0 Å². The monoisotopic (exact) mass is 367 g/mol. The van der Waals surface area contributed by atoms with Crippen molar-refractivity contribution in [1.29, 1.82) is 0 Å². The normalized spacial score (nSPS) is 16.1. The number of benzene rings is 1. The Morgan fingerprint density at radius 3 is 2.04 bits per heavy atom. The van der Waals surface area contributed by atoms with Gasteiger partial charge in [0.05, 0.1) is 28.8 Å². The third kappa shape index (κ3) is 2.28. The van der Waals surface area contributed by atoms with Crippen LogP contribution in [0.4, 0.5) is 11.4 Å². The highest BCUT2D eigenvalue weighted by Crippen LogP contribution is 2.39. The number of anilines is 2. The molecule has 0 fully saturated rings. The Hall–Kier alpha value is -3.80. The van der Waals surface area contributed by atoms with Crippen LogP contribution in [0, 0.1) is 0 Å². The average molecular weight is 367 g/mol. The number of carbonyl (C=O) groups is 1. The van der Waals surface area contributed by atoms with Crippen LogP contribution < -0.4 is 9.80 Å². The largest absolute Gasteiger partial charge is 0.328 e. The number of aliphatic imine (C=N–C) groups is 1. The van der Waals surface area contributed by atoms with Gasteiger partial charge in [-0.1, -0.05) is 12.1 Å². The van der Waals surface area contributed by atoms with E-state index in [1.165, 1.54) is 0 Å². The molecule has 3 heterocycles. The van der Waals surface area contributed by atoms with Crippen LogP contribution in [-0.2, 0) is 0 Å². The quantitative estimate of drug-likeness (QED) is 0.659. The minimum atomic E-state index is -0.138. The summed E-state index contributed by atoms with van der Waals surface area (Å²) in [6, 6.07) is 15.4. The van der Waals surface area contributed by atoms with Crippen LogP contribution in [0.25, 0.3) is 11.4 Å². The average Bonchev–Trinajstić information content (AvgIpc) is 2.99. The Kier molecular flexibility index (Phi) is 3.58. The molecule has 1 aromatic carbocycles. The molecule has 0 amide bonds. The summed E-state index contributed by atoms with van der Waals surface area (Å²) in [4.78, 5) is 30.7. The maximum absolute atomic E-state index is 13.1. The fourth-order valence-electron chi connectivity index (χ4n) is 3.74. The third-order valence-electron chi connectivity index (χ3n) is 5.16. The van der Waals surface area contributed by atoms with Crippen molar-refractivity contribution in [3.63, 3.8) is 0 Å². The van der Waals surface area contributed by atoms with E-state index in [-0.39, 0.29) is 5.78 Å². The maximum atomic E-state index is 13.1. The van der Waals surface area contributed by atoms with Crippen LogP contribution in [0.2, 0.25) is 0 Å². The second-order valence-electron chi connectivity index (χ2n) is 6.70. The molecular weight excluding hydrogens is 350 g/mol. The van der Waals surface area contributed by atoms with E-state index in [9.17, 15) is 4.79 Å². The van der Waals surface area contributed by atoms with E-state index in [0.29, 0.717) is 28.2 Å². The zero-order valence-corrected chi connectivity index (χ0v) is 15.5. The highest BCUT2D eigenvalue weighted by Gasteiger charge is 2.31. The van der Waals surface area contributed by atoms with Gasteiger partial charge in [0.1, 0.15) is 17.2 Å². The molecular formula is C22H17N5O. The minimum Gasteiger partial charge on any atom is -0.328 e. The number of ketones is 1. The van der Waals surface area contributed by atoms with Crippen LogP contribution in [0.1, 0.15) is 15.9 Å². The first-order valence-corrected chi connectivity index (χ1v) is 8.97. The van der Waals surface area contributed by atoms with Gasteiger partial charge >= 0.3 is 0 Å². The first-order valence-electron chi connectivity index (χ1n) is 8.97. The van der Waals surface area contributed by atoms with E-state index in [1.807, 2.05) is 38.4 Å². The van der Waals surface area contributed by atoms with E-state index in [0.717, 1.165) is 17.2 Å². The van der Waals surface area contributed by atoms with Gasteiger partial charge < -0.3 is 9.80 Å². The summed E-state index contributed by atoms with van der Waals surface area (Å²) in [6.07, 6.45) is 5.12. The molecule has 1 aliphatic carbocycles. The Bertz CT molecular complexity index is 1150. The van der Waals surface area contributed by atoms with E-state index in [2.05, 4.69) is 36.9 Å². The molecule has 2 aliphatic rings. The Morgan fingerprint density at radius 1 is 0.821 bits per heavy atom. The van der Waals surface area contributed by atoms with E-state index in [4.69, 9.17) is 0 Å². The first-order chi connectivity index (χ1) is 13.7. The van der Waals surface area contributed by atoms with Gasteiger partial charge in [-0.25, -0.2) is 4.99 Å². The van der Waals surface area contributed by atoms with Crippen molar-refractivity contribution in [2.45, 2.75) is 0 Å². The van der Waals surface area contributed by atoms with Gasteiger partial charge in [0, 0.05) is 32.1 Å². The van der Waals surface area contributed by atoms with Crippen LogP contribution >= 0.6 is 0 Å². The fourth-order valence-corrected chi connectivity index (χ4v) is 3.74. The lowest BCUT2D eigenvalue weighted by Crippen LogP contribution is -2.25. The number of fused-ring (bicyclic) bond motifs is 4. The van der Waals surface area contributed by atoms with Crippen LogP contribution in [0.3, 0.4) is 0 Å². The van der Waals surface area contributed by atoms with E-state index >= 15 is 0 Å². The van der Waals surface area contributed by atoms with Gasteiger partial charge in [-0.15, -0.1) is 0 Å². The molecule has 0 N–H and O–H groups in total. The molecule has 0 saturated heterocycles. The zero-order valence-electron chi connectivity index (χ0n) is 15.5. The van der Waals surface area contributed by atoms with Gasteiger partial charge in [-0.05, 0) is 36.4 Å². The van der Waals surface area contributed by atoms with Crippen molar-refractivity contribution in [3.05, 3.63) is 84.1 Å². The van der Waals surface area contributed by atoms with Crippen molar-refractivity contribution >= 4 is 22.9 Å². The van der Waals surface area contributed by atoms with E-state index in [1.54, 1.807) is 30.7 Å². The lowest BCUT2D eigenvalue weighted by Gasteiger charge is -2.19. The molecule has 136 valence electrons. The number of para-hydroxylation sites is 2. The molecule has 0 spiro atoms. The summed E-state index contributed by atoms with van der Waals surface area (Å²) in [5.74, 6) is 0.755. The summed E-state index contributed by atoms with van der Waals surface area (Å²) >= 11 is 0. The number of Topliss-reactive ketones (excluding diaryl/α,β-unsaturated/α-hetero) is 1. The Labute approximate surface area is 162 Å². The van der Waals surface area contributed by atoms with Crippen LogP contribution in [0.5, 0.6) is 0 Å². The van der Waals surface area contributed by atoms with E-state index < -0.39 is 0 Å². The molecule has 5 rings (SSSR count). The number of hydrogen-bond donors (Lipinski definition) is 0. The lowest BCUT2D eigenvalue weighted by atomic mass is 9.90. The minimum absolute atomic E-state index is 0.138. The van der Waals surface area contributed by atoms with Crippen LogP contribution in [0.15, 0.2) is 77.9 Å². The van der Waals surface area contributed by atoms with Gasteiger partial charge in [0.2, 0.25) is 5.78 Å². The summed E-state index contributed by atoms with van der Waals surface area (Å²) < 4.78 is 0. The molecule has 0 unspecified atom stereocenters. The predicted molar refractivity (Wildman–Crippen MR) is 110 cm³/mol. The second kappa shape index (κ2) is 6.13. The second-order valence-corrected chi connectivity index (χ2v) is 6.70. The molecule has 0 bridgehead atoms. The molecule has 2 aromatic heterocycles. The van der Waals surface area contributed by atoms with Crippen molar-refractivity contribution < 1.29 is 4.79 Å². The third-order valence-corrected chi connectivity index (χ3v) is 5.16. The standard InChI is InChI=1S/C22H17N5O/c1-26-16-9-3-4-10-17(16)27(2)18(26)13-25-21-14-7-5-11-23-19(14)20-15(22(21)28)8-6-12-24-20/h3-13H,1-2H3. The summed E-state index contributed by atoms with van der Waals surface area (Å²) in [6.45, 7) is 0. The number of nitrogens with zero attached hydrogens (tertiary/aromatic N) is 5. The molecule has 6 heteroatoms. The molecule has 6 nitrogen and oxygen atoms in total. The topological polar surface area (TPSA) is 61.7 Å². The molecule has 1 aliphatic heterocycles. The molecule has 0 saturated carbocycles. The SMILES string of the molecule is CN1C(=CN=C2C(=O)c3cccnc3-c3ncccc32)N(C)c2ccccc21. The lowest BCUT2D eigenvalue weighted by molar-refractivity contribution is 0.106. The van der Waals surface area contributed by atoms with Gasteiger partial charge in [0.25, 0.3) is 0 Å². The van der Waals surface area contributed by atoms with Crippen molar-refractivity contribution in [1.82, 2.24) is 9.97 Å². The maximum Gasteiger partial charge on any atom is 0.214 e. The molecule has 0 atom stereocenters. The Balaban J connectivity index is 1.64. The number of hydrogen-bond acceptors (Lipinski definition) is 6. The predicted octanol–water partition coefficient (Wildman–Crippen LogP) is 3.51. The Morgan fingerprint density at radius 2 is 1.39 bits per heavy atom.